The molecule has 0 amide bonds. The number of aliphatic hydroxyl groups is 1. The summed E-state index contributed by atoms with van der Waals surface area (Å²) in [6, 6.07) is 16.8. The third-order valence-electron chi connectivity index (χ3n) is 5.66. The fourth-order valence-electron chi connectivity index (χ4n) is 3.76. The summed E-state index contributed by atoms with van der Waals surface area (Å²) in [6.45, 7) is 2.69. The van der Waals surface area contributed by atoms with Gasteiger partial charge in [0.15, 0.2) is 0 Å². The molecule has 2 unspecified atom stereocenters. The second-order valence-electron chi connectivity index (χ2n) is 8.55. The fraction of sp³-hybridized carbons (Fsp3) is 0.500. The number of halogens is 1. The number of aliphatic hydroxyl groups excluding tert-OH is 1. The summed E-state index contributed by atoms with van der Waals surface area (Å²) in [5.41, 5.74) is 8.46. The number of carbonyl (C=O) groups excluding carboxylic acids is 1. The number of sulfonamides is 1. The summed E-state index contributed by atoms with van der Waals surface area (Å²) in [4.78, 5) is 12.7. The number of benzene rings is 2. The Labute approximate surface area is 226 Å². The highest BCUT2D eigenvalue weighted by Gasteiger charge is 2.26. The van der Waals surface area contributed by atoms with E-state index in [4.69, 9.17) is 15.2 Å². The quantitative estimate of drug-likeness (QED) is 0.252. The lowest BCUT2D eigenvalue weighted by Gasteiger charge is -2.25. The molecule has 0 saturated carbocycles. The Morgan fingerprint density at radius 3 is 2.46 bits per heavy atom. The molecule has 37 heavy (non-hydrogen) atoms. The molecule has 9 nitrogen and oxygen atoms in total. The molecule has 2 atom stereocenters. The van der Waals surface area contributed by atoms with Crippen LogP contribution in [0, 0.1) is 0 Å². The number of nitrogens with two attached hydrogens (primary N) is 1. The van der Waals surface area contributed by atoms with Crippen molar-refractivity contribution in [1.29, 1.82) is 0 Å². The molecule has 0 aliphatic rings. The van der Waals surface area contributed by atoms with Crippen LogP contribution >= 0.6 is 12.4 Å². The molecule has 0 heterocycles. The predicted octanol–water partition coefficient (Wildman–Crippen LogP) is 2.11. The van der Waals surface area contributed by atoms with Gasteiger partial charge in [0, 0.05) is 32.2 Å². The average Bonchev–Trinajstić information content (AvgIpc) is 2.87. The fourth-order valence-corrected chi connectivity index (χ4v) is 5.26. The molecule has 0 bridgehead atoms. The second-order valence-corrected chi connectivity index (χ2v) is 10.6. The highest BCUT2D eigenvalue weighted by molar-refractivity contribution is 7.89. The maximum atomic E-state index is 12.7. The van der Waals surface area contributed by atoms with Crippen molar-refractivity contribution in [1.82, 2.24) is 9.62 Å². The number of nitrogens with zero attached hydrogens (tertiary/aromatic N) is 1. The summed E-state index contributed by atoms with van der Waals surface area (Å²) >= 11 is 0. The van der Waals surface area contributed by atoms with Gasteiger partial charge in [0.1, 0.15) is 11.9 Å². The van der Waals surface area contributed by atoms with E-state index in [2.05, 4.69) is 5.32 Å². The van der Waals surface area contributed by atoms with Crippen LogP contribution in [0.25, 0.3) is 0 Å². The Kier molecular flexibility index (Phi) is 15.4. The molecule has 0 saturated heterocycles. The topological polar surface area (TPSA) is 131 Å². The van der Waals surface area contributed by atoms with Crippen molar-refractivity contribution in [2.24, 2.45) is 5.73 Å². The lowest BCUT2D eigenvalue weighted by atomic mass is 10.0. The minimum atomic E-state index is -3.69. The van der Waals surface area contributed by atoms with Crippen LogP contribution in [0.2, 0.25) is 0 Å². The Morgan fingerprint density at radius 1 is 1.11 bits per heavy atom. The first-order chi connectivity index (χ1) is 17.3. The van der Waals surface area contributed by atoms with Gasteiger partial charge in [-0.1, -0.05) is 49.4 Å². The molecule has 2 aromatic rings. The molecule has 208 valence electrons. The molecule has 0 spiro atoms. The smallest absolute Gasteiger partial charge is 0.307 e. The number of esters is 1. The Bertz CT molecular complexity index is 1020. The molecule has 0 fully saturated rings. The summed E-state index contributed by atoms with van der Waals surface area (Å²) < 4.78 is 37.4. The van der Waals surface area contributed by atoms with E-state index < -0.39 is 28.1 Å². The molecular formula is C26H40ClN3O6S. The summed E-state index contributed by atoms with van der Waals surface area (Å²) in [5.74, 6) is -0.266. The van der Waals surface area contributed by atoms with Crippen molar-refractivity contribution in [3.8, 4) is 5.75 Å². The van der Waals surface area contributed by atoms with Crippen molar-refractivity contribution in [2.75, 3.05) is 39.1 Å². The maximum absolute atomic E-state index is 12.7. The Hall–Kier alpha value is -2.21. The first kappa shape index (κ1) is 32.8. The minimum Gasteiger partial charge on any atom is -0.497 e. The summed E-state index contributed by atoms with van der Waals surface area (Å²) in [7, 11) is -2.08. The zero-order chi connectivity index (χ0) is 26.4. The number of hydrogen-bond donors (Lipinski definition) is 3. The van der Waals surface area contributed by atoms with Gasteiger partial charge in [0.05, 0.1) is 25.9 Å². The third-order valence-corrected chi connectivity index (χ3v) is 7.54. The third kappa shape index (κ3) is 11.8. The molecule has 2 aromatic carbocycles. The number of hydrogen-bond acceptors (Lipinski definition) is 8. The van der Waals surface area contributed by atoms with Crippen LogP contribution in [-0.4, -0.2) is 75.0 Å². The van der Waals surface area contributed by atoms with Gasteiger partial charge in [-0.2, -0.15) is 4.31 Å². The highest BCUT2D eigenvalue weighted by Crippen LogP contribution is 2.13. The molecular weight excluding hydrogens is 518 g/mol. The molecule has 0 aliphatic carbocycles. The zero-order valence-electron chi connectivity index (χ0n) is 21.5. The van der Waals surface area contributed by atoms with Gasteiger partial charge in [-0.25, -0.2) is 8.42 Å². The van der Waals surface area contributed by atoms with E-state index in [1.807, 2.05) is 61.5 Å². The van der Waals surface area contributed by atoms with Crippen LogP contribution in [0.15, 0.2) is 54.6 Å². The van der Waals surface area contributed by atoms with Crippen molar-refractivity contribution in [3.05, 3.63) is 65.7 Å². The second kappa shape index (κ2) is 17.3. The number of carbonyl (C=O) groups is 1. The lowest BCUT2D eigenvalue weighted by molar-refractivity contribution is -0.149. The molecule has 4 N–H and O–H groups in total. The van der Waals surface area contributed by atoms with Gasteiger partial charge >= 0.3 is 5.97 Å². The van der Waals surface area contributed by atoms with Crippen molar-refractivity contribution in [3.63, 3.8) is 0 Å². The van der Waals surface area contributed by atoms with E-state index in [0.717, 1.165) is 16.9 Å². The standard InChI is InChI=1S/C26H39N3O6S.ClH/c1-3-13-29(14-15-30)36(32,33)16-12-26(31)35-25(24(27)18-21-8-5-4-6-9-21)20-28-19-22-10-7-11-23(17-22)34-2;/h4-11,17,24-25,28,30H,3,12-16,18-20,27H2,1-2H3;1H. The van der Waals surface area contributed by atoms with Crippen molar-refractivity contribution in [2.45, 2.75) is 44.9 Å². The van der Waals surface area contributed by atoms with Crippen LogP contribution < -0.4 is 15.8 Å². The highest BCUT2D eigenvalue weighted by atomic mass is 35.5. The van der Waals surface area contributed by atoms with E-state index in [0.29, 0.717) is 25.9 Å². The lowest BCUT2D eigenvalue weighted by Crippen LogP contribution is -2.46. The van der Waals surface area contributed by atoms with Gasteiger partial charge in [0.25, 0.3) is 0 Å². The predicted molar refractivity (Wildman–Crippen MR) is 147 cm³/mol. The SMILES string of the molecule is CCCN(CCO)S(=O)(=O)CCC(=O)OC(CNCc1cccc(OC)c1)C(N)Cc1ccccc1.Cl. The Morgan fingerprint density at radius 2 is 1.81 bits per heavy atom. The van der Waals surface area contributed by atoms with Crippen LogP contribution in [0.5, 0.6) is 5.75 Å². The first-order valence-electron chi connectivity index (χ1n) is 12.2. The monoisotopic (exact) mass is 557 g/mol. The van der Waals surface area contributed by atoms with E-state index in [-0.39, 0.29) is 44.3 Å². The summed E-state index contributed by atoms with van der Waals surface area (Å²) in [5, 5.41) is 12.5. The average molecular weight is 558 g/mol. The number of rotatable bonds is 17. The number of ether oxygens (including phenoxy) is 2. The van der Waals surface area contributed by atoms with Gasteiger partial charge in [0.2, 0.25) is 10.0 Å². The van der Waals surface area contributed by atoms with Crippen molar-refractivity contribution >= 4 is 28.4 Å². The summed E-state index contributed by atoms with van der Waals surface area (Å²) in [6.07, 6.45) is 0.158. The van der Waals surface area contributed by atoms with E-state index in [9.17, 15) is 18.3 Å². The maximum Gasteiger partial charge on any atom is 0.307 e. The van der Waals surface area contributed by atoms with Gasteiger partial charge in [-0.3, -0.25) is 4.79 Å². The van der Waals surface area contributed by atoms with Crippen LogP contribution in [0.1, 0.15) is 30.9 Å². The van der Waals surface area contributed by atoms with Gasteiger partial charge in [-0.15, -0.1) is 12.4 Å². The molecule has 0 aromatic heterocycles. The molecule has 0 radical (unpaired) electrons. The van der Waals surface area contributed by atoms with Crippen molar-refractivity contribution < 1.29 is 27.8 Å². The number of nitrogens with one attached hydrogen (secondary N) is 1. The van der Waals surface area contributed by atoms with E-state index in [1.165, 1.54) is 4.31 Å². The van der Waals surface area contributed by atoms with E-state index >= 15 is 0 Å². The van der Waals surface area contributed by atoms with Gasteiger partial charge in [-0.05, 0) is 36.1 Å². The zero-order valence-corrected chi connectivity index (χ0v) is 23.2. The number of methoxy groups -OCH3 is 1. The normalized spacial score (nSPS) is 13.0. The molecule has 0 aliphatic heterocycles. The van der Waals surface area contributed by atoms with Gasteiger partial charge < -0.3 is 25.6 Å². The van der Waals surface area contributed by atoms with Crippen LogP contribution in [-0.2, 0) is 32.5 Å². The van der Waals surface area contributed by atoms with E-state index in [1.54, 1.807) is 7.11 Å². The van der Waals surface area contributed by atoms with Crippen LogP contribution in [0.3, 0.4) is 0 Å². The molecule has 2 rings (SSSR count). The van der Waals surface area contributed by atoms with Crippen LogP contribution in [0.4, 0.5) is 0 Å². The minimum absolute atomic E-state index is 0. The molecule has 11 heteroatoms. The first-order valence-corrected chi connectivity index (χ1v) is 13.8. The largest absolute Gasteiger partial charge is 0.497 e. The Balaban J connectivity index is 0.00000684.